The van der Waals surface area contributed by atoms with Gasteiger partial charge < -0.3 is 19.2 Å². The van der Waals surface area contributed by atoms with Gasteiger partial charge in [0.1, 0.15) is 18.4 Å². The van der Waals surface area contributed by atoms with E-state index in [1.54, 1.807) is 24.3 Å². The molecule has 4 heterocycles. The van der Waals surface area contributed by atoms with Crippen LogP contribution < -0.4 is 10.9 Å². The molecule has 1 N–H and O–H groups in total. The molecule has 0 unspecified atom stereocenters. The van der Waals surface area contributed by atoms with E-state index in [9.17, 15) is 35.9 Å². The number of carbonyl (C=O) groups is 1. The molecule has 0 radical (unpaired) electrons. The van der Waals surface area contributed by atoms with E-state index in [2.05, 4.69) is 34.9 Å². The van der Waals surface area contributed by atoms with Crippen LogP contribution in [0.4, 0.5) is 32.2 Å². The van der Waals surface area contributed by atoms with E-state index in [4.69, 9.17) is 4.74 Å². The number of carbonyl (C=O) groups excluding carboxylic acids is 1. The highest BCUT2D eigenvalue weighted by atomic mass is 28.3. The van der Waals surface area contributed by atoms with E-state index in [0.717, 1.165) is 22.7 Å². The first kappa shape index (κ1) is 37.5. The Bertz CT molecular complexity index is 2060. The summed E-state index contributed by atoms with van der Waals surface area (Å²) < 4.78 is 91.6. The van der Waals surface area contributed by atoms with E-state index in [-0.39, 0.29) is 45.8 Å². The number of hydrogen-bond donors (Lipinski definition) is 1. The molecule has 0 aliphatic carbocycles. The fourth-order valence-corrected chi connectivity index (χ4v) is 6.64. The van der Waals surface area contributed by atoms with Crippen LogP contribution in [-0.2, 0) is 29.7 Å². The number of nitrogens with zero attached hydrogens (tertiary/aromatic N) is 4. The van der Waals surface area contributed by atoms with Crippen molar-refractivity contribution in [3.05, 3.63) is 100 Å². The molecular weight excluding hydrogens is 693 g/mol. The summed E-state index contributed by atoms with van der Waals surface area (Å²) in [5, 5.41) is 2.57. The number of ether oxygens (including phenoxy) is 1. The molecule has 15 heteroatoms. The Balaban J connectivity index is 1.71. The van der Waals surface area contributed by atoms with Gasteiger partial charge in [-0.3, -0.25) is 14.6 Å². The average Bonchev–Trinajstić information content (AvgIpc) is 3.40. The molecule has 0 bridgehead atoms. The monoisotopic (exact) mass is 729 g/mol. The predicted octanol–water partition coefficient (Wildman–Crippen LogP) is 8.40. The van der Waals surface area contributed by atoms with Crippen LogP contribution in [-0.4, -0.2) is 52.3 Å². The number of amides is 1. The van der Waals surface area contributed by atoms with Crippen molar-refractivity contribution in [3.63, 3.8) is 0 Å². The standard InChI is InChI=1S/C36H37F6N5O3Si/c1-46-20-24(19-36(40,41)42)33-31(35(46)49)30(27-7-5-6-13-43-27)32(47(33)21-50-15-16-51(2,3)4)23-12-14-44-29(17-23)45-34(48)26(18-28(38)39)22-8-10-25(37)11-9-22/h5-14,17,20,26,28H,15-16,18-19,21H2,1-4H3,(H,44,45,48)/t26-/m1/s1. The van der Waals surface area contributed by atoms with Crippen LogP contribution in [0.2, 0.25) is 25.7 Å². The third-order valence-corrected chi connectivity index (χ3v) is 9.97. The Morgan fingerprint density at radius 1 is 1.02 bits per heavy atom. The molecule has 0 aliphatic rings. The summed E-state index contributed by atoms with van der Waals surface area (Å²) in [7, 11) is -0.187. The summed E-state index contributed by atoms with van der Waals surface area (Å²) in [4.78, 5) is 36.0. The van der Waals surface area contributed by atoms with E-state index >= 15 is 0 Å². The summed E-state index contributed by atoms with van der Waals surface area (Å²) >= 11 is 0. The van der Waals surface area contributed by atoms with Gasteiger partial charge >= 0.3 is 6.18 Å². The topological polar surface area (TPSA) is 91.0 Å². The second-order valence-corrected chi connectivity index (χ2v) is 19.1. The van der Waals surface area contributed by atoms with Crippen molar-refractivity contribution in [2.45, 2.75) is 63.8 Å². The number of pyridine rings is 3. The van der Waals surface area contributed by atoms with E-state index < -0.39 is 56.7 Å². The average molecular weight is 730 g/mol. The smallest absolute Gasteiger partial charge is 0.361 e. The van der Waals surface area contributed by atoms with Crippen molar-refractivity contribution < 1.29 is 35.9 Å². The molecule has 5 rings (SSSR count). The highest BCUT2D eigenvalue weighted by molar-refractivity contribution is 6.76. The number of alkyl halides is 5. The minimum absolute atomic E-state index is 0.00236. The fourth-order valence-electron chi connectivity index (χ4n) is 5.89. The van der Waals surface area contributed by atoms with E-state index in [0.29, 0.717) is 17.9 Å². The zero-order valence-corrected chi connectivity index (χ0v) is 29.4. The highest BCUT2D eigenvalue weighted by Crippen LogP contribution is 2.41. The quantitative estimate of drug-likeness (QED) is 0.0747. The lowest BCUT2D eigenvalue weighted by molar-refractivity contribution is -0.127. The lowest BCUT2D eigenvalue weighted by Crippen LogP contribution is -2.23. The van der Waals surface area contributed by atoms with Crippen LogP contribution >= 0.6 is 0 Å². The number of aryl methyl sites for hydroxylation is 1. The van der Waals surface area contributed by atoms with Gasteiger partial charge in [0.15, 0.2) is 0 Å². The van der Waals surface area contributed by atoms with Gasteiger partial charge in [0.05, 0.1) is 34.6 Å². The molecule has 0 saturated carbocycles. The molecule has 5 aromatic rings. The van der Waals surface area contributed by atoms with Gasteiger partial charge in [-0.05, 0) is 48.0 Å². The van der Waals surface area contributed by atoms with Crippen molar-refractivity contribution in [1.29, 1.82) is 0 Å². The van der Waals surface area contributed by atoms with Gasteiger partial charge in [0, 0.05) is 63.4 Å². The molecule has 8 nitrogen and oxygen atoms in total. The predicted molar refractivity (Wildman–Crippen MR) is 186 cm³/mol. The number of fused-ring (bicyclic) bond motifs is 1. The molecule has 270 valence electrons. The third-order valence-electron chi connectivity index (χ3n) is 8.27. The van der Waals surface area contributed by atoms with Crippen molar-refractivity contribution in [3.8, 4) is 22.5 Å². The number of benzene rings is 1. The minimum atomic E-state index is -4.61. The molecule has 4 aromatic heterocycles. The summed E-state index contributed by atoms with van der Waals surface area (Å²) in [6.45, 7) is 6.58. The Morgan fingerprint density at radius 2 is 1.75 bits per heavy atom. The first-order valence-electron chi connectivity index (χ1n) is 16.1. The number of rotatable bonds is 13. The first-order valence-corrected chi connectivity index (χ1v) is 19.8. The molecule has 1 atom stereocenters. The molecular formula is C36H37F6N5O3Si. The zero-order valence-electron chi connectivity index (χ0n) is 28.4. The number of nitrogens with one attached hydrogen (secondary N) is 1. The van der Waals surface area contributed by atoms with Crippen LogP contribution in [0.15, 0.2) is 78.0 Å². The van der Waals surface area contributed by atoms with E-state index in [1.165, 1.54) is 48.4 Å². The summed E-state index contributed by atoms with van der Waals surface area (Å²) in [5.74, 6) is -2.82. The van der Waals surface area contributed by atoms with Crippen LogP contribution in [0, 0.1) is 5.82 Å². The molecule has 0 saturated heterocycles. The lowest BCUT2D eigenvalue weighted by atomic mass is 9.95. The molecule has 0 fully saturated rings. The molecule has 1 amide bonds. The molecule has 0 aliphatic heterocycles. The number of anilines is 1. The van der Waals surface area contributed by atoms with Gasteiger partial charge in [-0.25, -0.2) is 18.2 Å². The van der Waals surface area contributed by atoms with Gasteiger partial charge in [-0.1, -0.05) is 37.8 Å². The van der Waals surface area contributed by atoms with Crippen LogP contribution in [0.25, 0.3) is 33.4 Å². The van der Waals surface area contributed by atoms with Gasteiger partial charge in [0.2, 0.25) is 12.3 Å². The van der Waals surface area contributed by atoms with Crippen LogP contribution in [0.5, 0.6) is 0 Å². The minimum Gasteiger partial charge on any atom is -0.361 e. The third kappa shape index (κ3) is 9.13. The maximum Gasteiger partial charge on any atom is 0.393 e. The second-order valence-electron chi connectivity index (χ2n) is 13.5. The SMILES string of the molecule is Cn1cc(CC(F)(F)F)c2c(c(-c3ccccn3)c(-c3ccnc(NC(=O)[C@H](CC(F)F)c4ccc(F)cc4)c3)n2COCC[Si](C)(C)C)c1=O. The Kier molecular flexibility index (Phi) is 11.2. The molecule has 0 spiro atoms. The van der Waals surface area contributed by atoms with Gasteiger partial charge in [-0.2, -0.15) is 13.2 Å². The maximum absolute atomic E-state index is 14.0. The largest absolute Gasteiger partial charge is 0.393 e. The zero-order chi connectivity index (χ0) is 37.1. The summed E-state index contributed by atoms with van der Waals surface area (Å²) in [5.41, 5.74) is 0.636. The van der Waals surface area contributed by atoms with Crippen molar-refractivity contribution >= 4 is 30.7 Å². The van der Waals surface area contributed by atoms with E-state index in [1.807, 2.05) is 0 Å². The Labute approximate surface area is 291 Å². The number of aromatic nitrogens is 4. The van der Waals surface area contributed by atoms with Crippen molar-refractivity contribution in [2.24, 2.45) is 7.05 Å². The summed E-state index contributed by atoms with van der Waals surface area (Å²) in [6.07, 6.45) is -5.63. The highest BCUT2D eigenvalue weighted by Gasteiger charge is 2.33. The number of hydrogen-bond acceptors (Lipinski definition) is 5. The Morgan fingerprint density at radius 3 is 2.37 bits per heavy atom. The van der Waals surface area contributed by atoms with Gasteiger partial charge in [0.25, 0.3) is 5.56 Å². The lowest BCUT2D eigenvalue weighted by Gasteiger charge is -2.19. The van der Waals surface area contributed by atoms with Crippen molar-refractivity contribution in [2.75, 3.05) is 11.9 Å². The van der Waals surface area contributed by atoms with Gasteiger partial charge in [-0.15, -0.1) is 0 Å². The second kappa shape index (κ2) is 15.2. The fraction of sp³-hybridized carbons (Fsp3) is 0.333. The Hall–Kier alpha value is -4.76. The maximum atomic E-state index is 14.0. The van der Waals surface area contributed by atoms with Crippen LogP contribution in [0.3, 0.4) is 0 Å². The normalized spacial score (nSPS) is 12.8. The number of halogens is 6. The summed E-state index contributed by atoms with van der Waals surface area (Å²) in [6, 6.07) is 13.4. The molecule has 1 aromatic carbocycles. The molecule has 51 heavy (non-hydrogen) atoms. The van der Waals surface area contributed by atoms with Crippen LogP contribution in [0.1, 0.15) is 23.5 Å². The first-order chi connectivity index (χ1) is 24.0. The van der Waals surface area contributed by atoms with Crippen molar-refractivity contribution in [1.82, 2.24) is 19.1 Å².